The number of carbonyl (C=O) groups excluding carboxylic acids is 4. The summed E-state index contributed by atoms with van der Waals surface area (Å²) in [5, 5.41) is 4.32. The highest BCUT2D eigenvalue weighted by molar-refractivity contribution is 6.05. The Kier molecular flexibility index (Phi) is 5.29. The normalized spacial score (nSPS) is 18.0. The molecule has 2 rings (SSSR count). The maximum atomic E-state index is 11.8. The summed E-state index contributed by atoms with van der Waals surface area (Å²) in [5.74, 6) is -1.99. The van der Waals surface area contributed by atoms with Gasteiger partial charge in [0.1, 0.15) is 12.6 Å². The van der Waals surface area contributed by atoms with Gasteiger partial charge >= 0.3 is 12.1 Å². The van der Waals surface area contributed by atoms with Gasteiger partial charge < -0.3 is 14.8 Å². The first-order chi connectivity index (χ1) is 11.0. The van der Waals surface area contributed by atoms with E-state index in [1.807, 2.05) is 23.5 Å². The summed E-state index contributed by atoms with van der Waals surface area (Å²) >= 11 is 0. The number of ether oxygens (including phenoxy) is 2. The van der Waals surface area contributed by atoms with Crippen molar-refractivity contribution in [2.75, 3.05) is 0 Å². The molecular formula is C15H16N2O6. The van der Waals surface area contributed by atoms with Crippen LogP contribution in [0.4, 0.5) is 4.79 Å². The van der Waals surface area contributed by atoms with Crippen LogP contribution in [0, 0.1) is 0 Å². The van der Waals surface area contributed by atoms with E-state index in [2.05, 4.69) is 5.32 Å². The third-order valence-corrected chi connectivity index (χ3v) is 3.08. The van der Waals surface area contributed by atoms with E-state index in [1.165, 1.54) is 6.92 Å². The summed E-state index contributed by atoms with van der Waals surface area (Å²) in [6.45, 7) is 1.45. The molecule has 1 aromatic carbocycles. The topological polar surface area (TPSA) is 111 Å². The Hall–Kier alpha value is -2.90. The molecule has 0 aromatic heterocycles. The summed E-state index contributed by atoms with van der Waals surface area (Å²) in [6.07, 6.45) is -2.15. The lowest BCUT2D eigenvalue weighted by Gasteiger charge is -2.15. The van der Waals surface area contributed by atoms with Gasteiger partial charge in [-0.1, -0.05) is 30.3 Å². The molecule has 0 aliphatic carbocycles. The van der Waals surface area contributed by atoms with Crippen molar-refractivity contribution in [2.24, 2.45) is 0 Å². The average molecular weight is 320 g/mol. The number of rotatable bonds is 5. The second kappa shape index (κ2) is 7.39. The Morgan fingerprint density at radius 1 is 1.30 bits per heavy atom. The number of hydrogen-bond acceptors (Lipinski definition) is 6. The number of amides is 3. The van der Waals surface area contributed by atoms with Crippen molar-refractivity contribution in [3.8, 4) is 0 Å². The molecule has 122 valence electrons. The Morgan fingerprint density at radius 3 is 2.61 bits per heavy atom. The van der Waals surface area contributed by atoms with Crippen LogP contribution in [-0.2, 0) is 30.5 Å². The van der Waals surface area contributed by atoms with Gasteiger partial charge in [0.25, 0.3) is 5.91 Å². The molecule has 1 fully saturated rings. The van der Waals surface area contributed by atoms with Crippen LogP contribution in [0.5, 0.6) is 0 Å². The highest BCUT2D eigenvalue weighted by atomic mass is 16.6. The molecule has 23 heavy (non-hydrogen) atoms. The number of carbonyl (C=O) groups is 4. The molecular weight excluding hydrogens is 304 g/mol. The van der Waals surface area contributed by atoms with Crippen LogP contribution in [0.1, 0.15) is 18.9 Å². The van der Waals surface area contributed by atoms with E-state index in [0.29, 0.717) is 0 Å². The fourth-order valence-corrected chi connectivity index (χ4v) is 1.87. The van der Waals surface area contributed by atoms with E-state index in [4.69, 9.17) is 9.47 Å². The number of alkyl carbamates (subject to hydrolysis) is 1. The third kappa shape index (κ3) is 4.80. The van der Waals surface area contributed by atoms with E-state index in [0.717, 1.165) is 5.56 Å². The van der Waals surface area contributed by atoms with E-state index in [-0.39, 0.29) is 13.0 Å². The van der Waals surface area contributed by atoms with Crippen LogP contribution < -0.4 is 10.6 Å². The molecule has 1 heterocycles. The molecule has 3 amide bonds. The van der Waals surface area contributed by atoms with E-state index in [1.54, 1.807) is 12.1 Å². The van der Waals surface area contributed by atoms with Crippen molar-refractivity contribution in [3.63, 3.8) is 0 Å². The molecule has 0 spiro atoms. The van der Waals surface area contributed by atoms with Crippen molar-refractivity contribution >= 4 is 23.9 Å². The highest BCUT2D eigenvalue weighted by Crippen LogP contribution is 2.08. The average Bonchev–Trinajstić information content (AvgIpc) is 2.83. The van der Waals surface area contributed by atoms with Gasteiger partial charge in [-0.15, -0.1) is 0 Å². The lowest BCUT2D eigenvalue weighted by atomic mass is 10.2. The first-order valence-electron chi connectivity index (χ1n) is 6.97. The lowest BCUT2D eigenvalue weighted by molar-refractivity contribution is -0.155. The van der Waals surface area contributed by atoms with E-state index >= 15 is 0 Å². The Balaban J connectivity index is 1.75. The van der Waals surface area contributed by atoms with E-state index in [9.17, 15) is 19.2 Å². The fourth-order valence-electron chi connectivity index (χ4n) is 1.87. The minimum absolute atomic E-state index is 0.0635. The zero-order valence-corrected chi connectivity index (χ0v) is 12.4. The third-order valence-electron chi connectivity index (χ3n) is 3.08. The summed E-state index contributed by atoms with van der Waals surface area (Å²) in [5.41, 5.74) is 0.805. The fraction of sp³-hybridized carbons (Fsp3) is 0.333. The first-order valence-corrected chi connectivity index (χ1v) is 6.97. The molecule has 0 unspecified atom stereocenters. The summed E-state index contributed by atoms with van der Waals surface area (Å²) < 4.78 is 9.84. The number of nitrogens with one attached hydrogen (secondary N) is 2. The summed E-state index contributed by atoms with van der Waals surface area (Å²) in [6, 6.07) is 8.03. The molecule has 1 aliphatic rings. The molecule has 2 N–H and O–H groups in total. The number of benzene rings is 1. The molecule has 8 nitrogen and oxygen atoms in total. The SMILES string of the molecule is C[C@H](NC(=O)OCc1ccccc1)C(=O)O[C@H]1CC(=O)NC1=O. The zero-order chi connectivity index (χ0) is 16.8. The van der Waals surface area contributed by atoms with Crippen molar-refractivity contribution in [2.45, 2.75) is 32.1 Å². The van der Waals surface area contributed by atoms with Crippen LogP contribution in [-0.4, -0.2) is 36.0 Å². The van der Waals surface area contributed by atoms with Crippen LogP contribution >= 0.6 is 0 Å². The van der Waals surface area contributed by atoms with Crippen molar-refractivity contribution in [3.05, 3.63) is 35.9 Å². The van der Waals surface area contributed by atoms with Gasteiger partial charge in [0, 0.05) is 0 Å². The highest BCUT2D eigenvalue weighted by Gasteiger charge is 2.35. The van der Waals surface area contributed by atoms with Crippen LogP contribution in [0.15, 0.2) is 30.3 Å². The van der Waals surface area contributed by atoms with Gasteiger partial charge in [0.15, 0.2) is 6.10 Å². The van der Waals surface area contributed by atoms with Gasteiger partial charge in [-0.05, 0) is 12.5 Å². The second-order valence-electron chi connectivity index (χ2n) is 4.97. The molecule has 2 atom stereocenters. The largest absolute Gasteiger partial charge is 0.450 e. The van der Waals surface area contributed by atoms with Gasteiger partial charge in [0.05, 0.1) is 6.42 Å². The van der Waals surface area contributed by atoms with Gasteiger partial charge in [-0.3, -0.25) is 14.9 Å². The van der Waals surface area contributed by atoms with Crippen LogP contribution in [0.25, 0.3) is 0 Å². The molecule has 1 saturated heterocycles. The summed E-state index contributed by atoms with van der Waals surface area (Å²) in [4.78, 5) is 45.7. The Labute approximate surface area is 132 Å². The monoisotopic (exact) mass is 320 g/mol. The van der Waals surface area contributed by atoms with Gasteiger partial charge in [0.2, 0.25) is 5.91 Å². The first kappa shape index (κ1) is 16.5. The maximum Gasteiger partial charge on any atom is 0.408 e. The minimum atomic E-state index is -1.15. The standard InChI is InChI=1S/C15H16N2O6/c1-9(14(20)23-11-7-12(18)17-13(11)19)16-15(21)22-8-10-5-3-2-4-6-10/h2-6,9,11H,7-8H2,1H3,(H,16,21)(H,17,18,19)/t9-,11-/m0/s1. The predicted octanol–water partition coefficient (Wildman–Crippen LogP) is 0.260. The number of hydrogen-bond donors (Lipinski definition) is 2. The molecule has 8 heteroatoms. The van der Waals surface area contributed by atoms with Gasteiger partial charge in [-0.25, -0.2) is 9.59 Å². The zero-order valence-electron chi connectivity index (χ0n) is 12.4. The van der Waals surface area contributed by atoms with Crippen molar-refractivity contribution in [1.29, 1.82) is 0 Å². The Bertz CT molecular complexity index is 616. The molecule has 1 aromatic rings. The minimum Gasteiger partial charge on any atom is -0.450 e. The smallest absolute Gasteiger partial charge is 0.408 e. The Morgan fingerprint density at radius 2 is 2.00 bits per heavy atom. The lowest BCUT2D eigenvalue weighted by Crippen LogP contribution is -2.42. The van der Waals surface area contributed by atoms with Gasteiger partial charge in [-0.2, -0.15) is 0 Å². The second-order valence-corrected chi connectivity index (χ2v) is 4.97. The number of esters is 1. The van der Waals surface area contributed by atoms with Crippen molar-refractivity contribution < 1.29 is 28.7 Å². The molecule has 0 radical (unpaired) electrons. The summed E-state index contributed by atoms with van der Waals surface area (Å²) in [7, 11) is 0. The molecule has 0 bridgehead atoms. The molecule has 1 aliphatic heterocycles. The maximum absolute atomic E-state index is 11.8. The quantitative estimate of drug-likeness (QED) is 0.595. The number of imide groups is 1. The predicted molar refractivity (Wildman–Crippen MR) is 76.9 cm³/mol. The van der Waals surface area contributed by atoms with Crippen LogP contribution in [0.2, 0.25) is 0 Å². The van der Waals surface area contributed by atoms with Crippen LogP contribution in [0.3, 0.4) is 0 Å². The van der Waals surface area contributed by atoms with E-state index < -0.39 is 36.0 Å². The van der Waals surface area contributed by atoms with Crippen molar-refractivity contribution in [1.82, 2.24) is 10.6 Å². The molecule has 0 saturated carbocycles.